The summed E-state index contributed by atoms with van der Waals surface area (Å²) in [5.74, 6) is 1.52. The van der Waals surface area contributed by atoms with Gasteiger partial charge in [-0.3, -0.25) is 0 Å². The molecule has 2 nitrogen and oxygen atoms in total. The first-order valence-corrected chi connectivity index (χ1v) is 4.66. The minimum atomic E-state index is 0.593. The SMILES string of the molecule is CCCOCCSCC=O. The van der Waals surface area contributed by atoms with Crippen molar-refractivity contribution in [3.63, 3.8) is 0 Å². The zero-order valence-corrected chi connectivity index (χ0v) is 7.15. The molecule has 0 aliphatic rings. The highest BCUT2D eigenvalue weighted by molar-refractivity contribution is 7.99. The highest BCUT2D eigenvalue weighted by Crippen LogP contribution is 1.96. The van der Waals surface area contributed by atoms with E-state index in [1.807, 2.05) is 0 Å². The molecule has 0 aromatic rings. The highest BCUT2D eigenvalue weighted by Gasteiger charge is 1.86. The monoisotopic (exact) mass is 162 g/mol. The number of thioether (sulfide) groups is 1. The molecule has 0 N–H and O–H groups in total. The normalized spacial score (nSPS) is 9.70. The zero-order chi connectivity index (χ0) is 7.66. The summed E-state index contributed by atoms with van der Waals surface area (Å²) in [6, 6.07) is 0. The smallest absolute Gasteiger partial charge is 0.129 e. The van der Waals surface area contributed by atoms with Gasteiger partial charge in [0.05, 0.1) is 6.61 Å². The van der Waals surface area contributed by atoms with Crippen LogP contribution in [-0.2, 0) is 9.53 Å². The van der Waals surface area contributed by atoms with Crippen LogP contribution < -0.4 is 0 Å². The molecule has 0 saturated heterocycles. The molecule has 0 unspecified atom stereocenters. The first-order chi connectivity index (χ1) is 4.91. The van der Waals surface area contributed by atoms with E-state index in [0.29, 0.717) is 5.75 Å². The minimum absolute atomic E-state index is 0.593. The summed E-state index contributed by atoms with van der Waals surface area (Å²) >= 11 is 1.61. The average Bonchev–Trinajstić information content (AvgIpc) is 1.97. The number of hydrogen-bond acceptors (Lipinski definition) is 3. The fraction of sp³-hybridized carbons (Fsp3) is 0.857. The Bertz CT molecular complexity index is 76.0. The van der Waals surface area contributed by atoms with E-state index in [2.05, 4.69) is 6.92 Å². The van der Waals surface area contributed by atoms with E-state index in [0.717, 1.165) is 31.7 Å². The van der Waals surface area contributed by atoms with Crippen LogP contribution in [0.1, 0.15) is 13.3 Å². The van der Waals surface area contributed by atoms with Crippen LogP contribution in [-0.4, -0.2) is 31.0 Å². The molecule has 0 atom stereocenters. The van der Waals surface area contributed by atoms with Gasteiger partial charge >= 0.3 is 0 Å². The second-order valence-electron chi connectivity index (χ2n) is 1.85. The molecule has 0 bridgehead atoms. The molecule has 0 aromatic heterocycles. The summed E-state index contributed by atoms with van der Waals surface area (Å²) in [5, 5.41) is 0. The van der Waals surface area contributed by atoms with Crippen LogP contribution in [0.2, 0.25) is 0 Å². The molecule has 0 aliphatic carbocycles. The van der Waals surface area contributed by atoms with E-state index >= 15 is 0 Å². The van der Waals surface area contributed by atoms with Gasteiger partial charge in [0.15, 0.2) is 0 Å². The standard InChI is InChI=1S/C7H14O2S/c1-2-4-9-5-7-10-6-3-8/h3H,2,4-7H2,1H3. The van der Waals surface area contributed by atoms with Crippen molar-refractivity contribution >= 4 is 18.0 Å². The van der Waals surface area contributed by atoms with Gasteiger partial charge in [-0.1, -0.05) is 6.92 Å². The van der Waals surface area contributed by atoms with Crippen molar-refractivity contribution in [3.05, 3.63) is 0 Å². The molecule has 0 fully saturated rings. The lowest BCUT2D eigenvalue weighted by Gasteiger charge is -1.99. The Morgan fingerprint density at radius 3 is 2.90 bits per heavy atom. The summed E-state index contributed by atoms with van der Waals surface area (Å²) in [6.07, 6.45) is 1.99. The Hall–Kier alpha value is -0.0200. The van der Waals surface area contributed by atoms with Gasteiger partial charge in [0.1, 0.15) is 6.29 Å². The Morgan fingerprint density at radius 1 is 1.50 bits per heavy atom. The first kappa shape index (κ1) is 9.98. The maximum absolute atomic E-state index is 9.83. The third-order valence-corrected chi connectivity index (χ3v) is 1.73. The topological polar surface area (TPSA) is 26.3 Å². The summed E-state index contributed by atoms with van der Waals surface area (Å²) in [5.41, 5.74) is 0. The second kappa shape index (κ2) is 8.98. The molecule has 0 radical (unpaired) electrons. The minimum Gasteiger partial charge on any atom is -0.381 e. The molecule has 0 aromatic carbocycles. The molecule has 0 saturated carbocycles. The van der Waals surface area contributed by atoms with Gasteiger partial charge in [0.2, 0.25) is 0 Å². The third-order valence-electron chi connectivity index (χ3n) is 0.906. The Labute approximate surface area is 66.3 Å². The molecule has 0 spiro atoms. The molecule has 0 heterocycles. The Balaban J connectivity index is 2.70. The maximum Gasteiger partial charge on any atom is 0.129 e. The van der Waals surface area contributed by atoms with Crippen LogP contribution in [0.5, 0.6) is 0 Å². The maximum atomic E-state index is 9.83. The summed E-state index contributed by atoms with van der Waals surface area (Å²) in [6.45, 7) is 3.69. The lowest BCUT2D eigenvalue weighted by molar-refractivity contribution is -0.105. The molecule has 0 aliphatic heterocycles. The van der Waals surface area contributed by atoms with Gasteiger partial charge in [0, 0.05) is 18.1 Å². The van der Waals surface area contributed by atoms with Crippen molar-refractivity contribution in [1.29, 1.82) is 0 Å². The number of hydrogen-bond donors (Lipinski definition) is 0. The number of ether oxygens (including phenoxy) is 1. The van der Waals surface area contributed by atoms with Gasteiger partial charge < -0.3 is 9.53 Å². The van der Waals surface area contributed by atoms with Crippen LogP contribution in [0.25, 0.3) is 0 Å². The van der Waals surface area contributed by atoms with Gasteiger partial charge in [-0.25, -0.2) is 0 Å². The number of aldehydes is 1. The second-order valence-corrected chi connectivity index (χ2v) is 3.00. The largest absolute Gasteiger partial charge is 0.381 e. The number of carbonyl (C=O) groups is 1. The van der Waals surface area contributed by atoms with Crippen molar-refractivity contribution in [1.82, 2.24) is 0 Å². The van der Waals surface area contributed by atoms with Crippen molar-refractivity contribution in [2.75, 3.05) is 24.7 Å². The van der Waals surface area contributed by atoms with Crippen molar-refractivity contribution in [3.8, 4) is 0 Å². The highest BCUT2D eigenvalue weighted by atomic mass is 32.2. The Kier molecular flexibility index (Phi) is 8.96. The summed E-state index contributed by atoms with van der Waals surface area (Å²) in [7, 11) is 0. The lowest BCUT2D eigenvalue weighted by atomic mass is 10.5. The molecular formula is C7H14O2S. The van der Waals surface area contributed by atoms with E-state index in [1.54, 1.807) is 11.8 Å². The van der Waals surface area contributed by atoms with E-state index in [4.69, 9.17) is 4.74 Å². The fourth-order valence-electron chi connectivity index (χ4n) is 0.496. The average molecular weight is 162 g/mol. The van der Waals surface area contributed by atoms with E-state index < -0.39 is 0 Å². The van der Waals surface area contributed by atoms with Crippen LogP contribution in [0.4, 0.5) is 0 Å². The molecular weight excluding hydrogens is 148 g/mol. The van der Waals surface area contributed by atoms with Gasteiger partial charge in [-0.2, -0.15) is 11.8 Å². The quantitative estimate of drug-likeness (QED) is 0.417. The molecule has 10 heavy (non-hydrogen) atoms. The predicted octanol–water partition coefficient (Wildman–Crippen LogP) is 1.35. The zero-order valence-electron chi connectivity index (χ0n) is 6.34. The Morgan fingerprint density at radius 2 is 2.30 bits per heavy atom. The number of carbonyl (C=O) groups excluding carboxylic acids is 1. The van der Waals surface area contributed by atoms with Gasteiger partial charge in [-0.05, 0) is 6.42 Å². The molecule has 0 rings (SSSR count). The van der Waals surface area contributed by atoms with E-state index in [1.165, 1.54) is 0 Å². The molecule has 3 heteroatoms. The molecule has 0 amide bonds. The van der Waals surface area contributed by atoms with Crippen LogP contribution in [0.15, 0.2) is 0 Å². The van der Waals surface area contributed by atoms with E-state index in [-0.39, 0.29) is 0 Å². The lowest BCUT2D eigenvalue weighted by Crippen LogP contribution is -1.98. The van der Waals surface area contributed by atoms with Gasteiger partial charge in [0.25, 0.3) is 0 Å². The third kappa shape index (κ3) is 7.98. The predicted molar refractivity (Wildman–Crippen MR) is 44.5 cm³/mol. The number of rotatable bonds is 7. The van der Waals surface area contributed by atoms with Crippen molar-refractivity contribution < 1.29 is 9.53 Å². The summed E-state index contributed by atoms with van der Waals surface area (Å²) in [4.78, 5) is 9.83. The van der Waals surface area contributed by atoms with Gasteiger partial charge in [-0.15, -0.1) is 0 Å². The first-order valence-electron chi connectivity index (χ1n) is 3.51. The molecule has 60 valence electrons. The van der Waals surface area contributed by atoms with E-state index in [9.17, 15) is 4.79 Å². The van der Waals surface area contributed by atoms with Crippen LogP contribution in [0, 0.1) is 0 Å². The van der Waals surface area contributed by atoms with Crippen LogP contribution in [0.3, 0.4) is 0 Å². The van der Waals surface area contributed by atoms with Crippen molar-refractivity contribution in [2.24, 2.45) is 0 Å². The summed E-state index contributed by atoms with van der Waals surface area (Å²) < 4.78 is 5.19. The fourth-order valence-corrected chi connectivity index (χ4v) is 0.994. The van der Waals surface area contributed by atoms with Crippen LogP contribution >= 0.6 is 11.8 Å². The van der Waals surface area contributed by atoms with Crippen molar-refractivity contribution in [2.45, 2.75) is 13.3 Å².